The van der Waals surface area contributed by atoms with Crippen molar-refractivity contribution in [2.24, 2.45) is 5.92 Å². The van der Waals surface area contributed by atoms with Gasteiger partial charge in [-0.25, -0.2) is 0 Å². The second kappa shape index (κ2) is 7.20. The van der Waals surface area contributed by atoms with Gasteiger partial charge in [-0.15, -0.1) is 0 Å². The Hall–Kier alpha value is -1.10. The first kappa shape index (κ1) is 16.7. The molecule has 0 aromatic carbocycles. The number of piperidine rings is 1. The van der Waals surface area contributed by atoms with Gasteiger partial charge in [0.1, 0.15) is 0 Å². The van der Waals surface area contributed by atoms with Crippen molar-refractivity contribution >= 4 is 11.8 Å². The summed E-state index contributed by atoms with van der Waals surface area (Å²) in [6.07, 6.45) is 9.01. The Balaban J connectivity index is 1.44. The molecule has 3 rings (SSSR count). The SMILES string of the molecule is O=C(CCC(=O)N1CCCC(C2(O)CC2)C1)N1CCCCCC1. The van der Waals surface area contributed by atoms with Crippen LogP contribution < -0.4 is 0 Å². The second-order valence-corrected chi connectivity index (χ2v) is 7.58. The van der Waals surface area contributed by atoms with Crippen molar-refractivity contribution in [2.75, 3.05) is 26.2 Å². The van der Waals surface area contributed by atoms with Gasteiger partial charge in [0.15, 0.2) is 0 Å². The molecule has 3 fully saturated rings. The summed E-state index contributed by atoms with van der Waals surface area (Å²) in [6, 6.07) is 0. The van der Waals surface area contributed by atoms with E-state index >= 15 is 0 Å². The molecule has 1 saturated carbocycles. The van der Waals surface area contributed by atoms with E-state index in [0.717, 1.165) is 58.2 Å². The van der Waals surface area contributed by atoms with E-state index in [1.54, 1.807) is 0 Å². The van der Waals surface area contributed by atoms with E-state index < -0.39 is 5.60 Å². The average molecular weight is 322 g/mol. The Labute approximate surface area is 139 Å². The fourth-order valence-corrected chi connectivity index (χ4v) is 4.03. The van der Waals surface area contributed by atoms with Crippen molar-refractivity contribution in [1.82, 2.24) is 9.80 Å². The third-order valence-electron chi connectivity index (χ3n) is 5.81. The molecular weight excluding hydrogens is 292 g/mol. The molecule has 2 aliphatic heterocycles. The van der Waals surface area contributed by atoms with E-state index in [-0.39, 0.29) is 17.7 Å². The van der Waals surface area contributed by atoms with E-state index in [1.807, 2.05) is 9.80 Å². The summed E-state index contributed by atoms with van der Waals surface area (Å²) in [4.78, 5) is 28.5. The average Bonchev–Trinajstić information content (AvgIpc) is 3.36. The zero-order valence-corrected chi connectivity index (χ0v) is 14.1. The monoisotopic (exact) mass is 322 g/mol. The Morgan fingerprint density at radius 1 is 0.870 bits per heavy atom. The number of rotatable bonds is 4. The lowest BCUT2D eigenvalue weighted by Crippen LogP contribution is -2.44. The standard InChI is InChI=1S/C18H30N2O3/c21-16(19-11-3-1-2-4-12-19)7-8-17(22)20-13-5-6-15(14-20)18(23)9-10-18/h15,23H,1-14H2. The van der Waals surface area contributed by atoms with Crippen LogP contribution >= 0.6 is 0 Å². The predicted octanol–water partition coefficient (Wildman–Crippen LogP) is 1.93. The van der Waals surface area contributed by atoms with Crippen LogP contribution in [-0.2, 0) is 9.59 Å². The number of carbonyl (C=O) groups is 2. The second-order valence-electron chi connectivity index (χ2n) is 7.58. The molecule has 0 bridgehead atoms. The van der Waals surface area contributed by atoms with Gasteiger partial charge in [0.2, 0.25) is 11.8 Å². The van der Waals surface area contributed by atoms with Crippen LogP contribution in [-0.4, -0.2) is 58.5 Å². The molecule has 0 radical (unpaired) electrons. The van der Waals surface area contributed by atoms with Crippen LogP contribution in [0.5, 0.6) is 0 Å². The molecule has 0 aromatic rings. The van der Waals surface area contributed by atoms with E-state index in [0.29, 0.717) is 19.4 Å². The van der Waals surface area contributed by atoms with E-state index in [2.05, 4.69) is 0 Å². The molecule has 5 nitrogen and oxygen atoms in total. The Bertz CT molecular complexity index is 440. The summed E-state index contributed by atoms with van der Waals surface area (Å²) in [5.41, 5.74) is -0.499. The van der Waals surface area contributed by atoms with Crippen molar-refractivity contribution in [3.63, 3.8) is 0 Å². The molecule has 0 aromatic heterocycles. The maximum absolute atomic E-state index is 12.4. The van der Waals surface area contributed by atoms with Gasteiger partial charge in [-0.1, -0.05) is 12.8 Å². The quantitative estimate of drug-likeness (QED) is 0.860. The first-order chi connectivity index (χ1) is 11.1. The smallest absolute Gasteiger partial charge is 0.223 e. The lowest BCUT2D eigenvalue weighted by Gasteiger charge is -2.35. The van der Waals surface area contributed by atoms with Crippen LogP contribution in [0, 0.1) is 5.92 Å². The molecule has 2 heterocycles. The van der Waals surface area contributed by atoms with Gasteiger partial charge in [-0.2, -0.15) is 0 Å². The van der Waals surface area contributed by atoms with Crippen molar-refractivity contribution in [2.45, 2.75) is 69.8 Å². The first-order valence-electron chi connectivity index (χ1n) is 9.36. The van der Waals surface area contributed by atoms with E-state index in [9.17, 15) is 14.7 Å². The minimum Gasteiger partial charge on any atom is -0.390 e. The highest BCUT2D eigenvalue weighted by molar-refractivity contribution is 5.84. The van der Waals surface area contributed by atoms with Crippen molar-refractivity contribution < 1.29 is 14.7 Å². The number of nitrogens with zero attached hydrogens (tertiary/aromatic N) is 2. The number of carbonyl (C=O) groups excluding carboxylic acids is 2. The molecule has 1 N–H and O–H groups in total. The Morgan fingerprint density at radius 2 is 1.43 bits per heavy atom. The summed E-state index contributed by atoms with van der Waals surface area (Å²) < 4.78 is 0. The normalized spacial score (nSPS) is 27.4. The predicted molar refractivity (Wildman–Crippen MR) is 87.8 cm³/mol. The maximum Gasteiger partial charge on any atom is 0.223 e. The van der Waals surface area contributed by atoms with Gasteiger partial charge in [-0.05, 0) is 38.5 Å². The molecule has 2 saturated heterocycles. The molecule has 130 valence electrons. The van der Waals surface area contributed by atoms with Crippen LogP contribution in [0.25, 0.3) is 0 Å². The lowest BCUT2D eigenvalue weighted by atomic mass is 9.90. The molecule has 5 heteroatoms. The van der Waals surface area contributed by atoms with Gasteiger partial charge < -0.3 is 14.9 Å². The number of likely N-dealkylation sites (tertiary alicyclic amines) is 2. The van der Waals surface area contributed by atoms with E-state index in [1.165, 1.54) is 12.8 Å². The highest BCUT2D eigenvalue weighted by Gasteiger charge is 2.48. The van der Waals surface area contributed by atoms with Crippen LogP contribution in [0.3, 0.4) is 0 Å². The summed E-state index contributed by atoms with van der Waals surface area (Å²) in [5.74, 6) is 0.457. The van der Waals surface area contributed by atoms with Crippen LogP contribution in [0.2, 0.25) is 0 Å². The lowest BCUT2D eigenvalue weighted by molar-refractivity contribution is -0.138. The minimum absolute atomic E-state index is 0.0853. The van der Waals surface area contributed by atoms with Gasteiger partial charge in [0.25, 0.3) is 0 Å². The highest BCUT2D eigenvalue weighted by atomic mass is 16.3. The summed E-state index contributed by atoms with van der Waals surface area (Å²) in [5, 5.41) is 10.3. The molecule has 1 aliphatic carbocycles. The van der Waals surface area contributed by atoms with Gasteiger partial charge >= 0.3 is 0 Å². The fraction of sp³-hybridized carbons (Fsp3) is 0.889. The van der Waals surface area contributed by atoms with Gasteiger partial charge in [0.05, 0.1) is 5.60 Å². The zero-order chi connectivity index (χ0) is 16.3. The fourth-order valence-electron chi connectivity index (χ4n) is 4.03. The van der Waals surface area contributed by atoms with Crippen LogP contribution in [0.4, 0.5) is 0 Å². The summed E-state index contributed by atoms with van der Waals surface area (Å²) in [7, 11) is 0. The number of aliphatic hydroxyl groups is 1. The molecule has 3 aliphatic rings. The number of amides is 2. The Kier molecular flexibility index (Phi) is 5.24. The zero-order valence-electron chi connectivity index (χ0n) is 14.1. The molecule has 1 atom stereocenters. The third kappa shape index (κ3) is 4.25. The third-order valence-corrected chi connectivity index (χ3v) is 5.81. The largest absolute Gasteiger partial charge is 0.390 e. The Morgan fingerprint density at radius 3 is 2.04 bits per heavy atom. The van der Waals surface area contributed by atoms with Crippen LogP contribution in [0.1, 0.15) is 64.2 Å². The first-order valence-corrected chi connectivity index (χ1v) is 9.36. The minimum atomic E-state index is -0.499. The maximum atomic E-state index is 12.4. The van der Waals surface area contributed by atoms with Crippen LogP contribution in [0.15, 0.2) is 0 Å². The highest BCUT2D eigenvalue weighted by Crippen LogP contribution is 2.45. The summed E-state index contributed by atoms with van der Waals surface area (Å²) >= 11 is 0. The topological polar surface area (TPSA) is 60.9 Å². The number of hydrogen-bond acceptors (Lipinski definition) is 3. The molecule has 23 heavy (non-hydrogen) atoms. The van der Waals surface area contributed by atoms with Crippen molar-refractivity contribution in [3.8, 4) is 0 Å². The van der Waals surface area contributed by atoms with Gasteiger partial charge in [0, 0.05) is 44.9 Å². The van der Waals surface area contributed by atoms with Crippen molar-refractivity contribution in [3.05, 3.63) is 0 Å². The molecule has 1 unspecified atom stereocenters. The number of hydrogen-bond donors (Lipinski definition) is 1. The van der Waals surface area contributed by atoms with Gasteiger partial charge in [-0.3, -0.25) is 9.59 Å². The molecule has 2 amide bonds. The van der Waals surface area contributed by atoms with E-state index in [4.69, 9.17) is 0 Å². The molecule has 0 spiro atoms. The molecular formula is C18H30N2O3. The van der Waals surface area contributed by atoms with Crippen molar-refractivity contribution in [1.29, 1.82) is 0 Å². The summed E-state index contributed by atoms with van der Waals surface area (Å²) in [6.45, 7) is 3.16.